The largest absolute Gasteiger partial charge is 0.388 e. The molecule has 0 aliphatic carbocycles. The Labute approximate surface area is 214 Å². The van der Waals surface area contributed by atoms with Crippen LogP contribution in [0.2, 0.25) is 0 Å². The Morgan fingerprint density at radius 3 is 1.94 bits per heavy atom. The van der Waals surface area contributed by atoms with Gasteiger partial charge in [0.2, 0.25) is 0 Å². The summed E-state index contributed by atoms with van der Waals surface area (Å²) in [6.07, 6.45) is -4.78. The van der Waals surface area contributed by atoms with E-state index in [0.717, 1.165) is 0 Å². The van der Waals surface area contributed by atoms with Gasteiger partial charge >= 0.3 is 0 Å². The van der Waals surface area contributed by atoms with Crippen LogP contribution in [0.3, 0.4) is 0 Å². The molecule has 4 unspecified atom stereocenters. The second kappa shape index (κ2) is 12.6. The van der Waals surface area contributed by atoms with E-state index in [1.54, 1.807) is 13.8 Å². The van der Waals surface area contributed by atoms with E-state index < -0.39 is 30.6 Å². The molecule has 1 saturated heterocycles. The van der Waals surface area contributed by atoms with Gasteiger partial charge in [-0.15, -0.1) is 0 Å². The summed E-state index contributed by atoms with van der Waals surface area (Å²) in [5.74, 6) is 0. The number of hydrogen-bond donors (Lipinski definition) is 4. The van der Waals surface area contributed by atoms with E-state index in [1.165, 1.54) is 0 Å². The van der Waals surface area contributed by atoms with Crippen LogP contribution in [0, 0.1) is 132 Å². The molecule has 4 N–H and O–H groups in total. The molecule has 0 amide bonds. The molecule has 5 nitrogen and oxygen atoms in total. The molecule has 17 heavy (non-hydrogen) atoms. The van der Waals surface area contributed by atoms with Crippen molar-refractivity contribution >= 4 is 17.2 Å². The van der Waals surface area contributed by atoms with Crippen molar-refractivity contribution in [3.8, 4) is 0 Å². The Morgan fingerprint density at radius 2 is 1.53 bits per heavy atom. The molecule has 1 aliphatic rings. The maximum absolute atomic E-state index is 9.52. The van der Waals surface area contributed by atoms with Crippen molar-refractivity contribution in [1.29, 1.82) is 0 Å². The van der Waals surface area contributed by atoms with Crippen LogP contribution >= 0.6 is 12.2 Å². The fourth-order valence-electron chi connectivity index (χ4n) is 1.37. The van der Waals surface area contributed by atoms with Crippen molar-refractivity contribution < 1.29 is 152 Å². The first-order valence-corrected chi connectivity index (χ1v) is 4.81. The maximum Gasteiger partial charge on any atom is 0.157 e. The number of nitrogens with one attached hydrogen (secondary N) is 1. The monoisotopic (exact) mass is 902 g/mol. The van der Waals surface area contributed by atoms with Crippen LogP contribution in [-0.2, 0) is 4.74 Å². The minimum absolute atomic E-state index is 0. The fourth-order valence-corrected chi connectivity index (χ4v) is 1.49. The van der Waals surface area contributed by atoms with Gasteiger partial charge in [0.05, 0.1) is 11.1 Å². The zero-order chi connectivity index (χ0) is 10.9. The van der Waals surface area contributed by atoms with Gasteiger partial charge in [0.25, 0.3) is 0 Å². The molecule has 1 aliphatic heterocycles. The van der Waals surface area contributed by atoms with Crippen molar-refractivity contribution in [2.45, 2.75) is 44.5 Å². The Morgan fingerprint density at radius 1 is 1.06 bits per heavy atom. The third kappa shape index (κ3) is 8.31. The molecule has 5 atom stereocenters. The second-order valence-electron chi connectivity index (χ2n) is 3.43. The first-order valence-electron chi connectivity index (χ1n) is 4.40. The predicted molar refractivity (Wildman–Crippen MR) is 53.8 cm³/mol. The third-order valence-electron chi connectivity index (χ3n) is 2.20. The minimum Gasteiger partial charge on any atom is -0.388 e. The van der Waals surface area contributed by atoms with Crippen LogP contribution in [0.5, 0.6) is 0 Å². The Bertz CT molecular complexity index is 237. The van der Waals surface area contributed by atoms with E-state index in [1.807, 2.05) is 0 Å². The van der Waals surface area contributed by atoms with Crippen molar-refractivity contribution in [3.63, 3.8) is 0 Å². The summed E-state index contributed by atoms with van der Waals surface area (Å²) in [6.45, 7) is 3.26. The summed E-state index contributed by atoms with van der Waals surface area (Å²) in [5.41, 5.74) is 0. The van der Waals surface area contributed by atoms with Gasteiger partial charge in [-0.25, -0.2) is 0 Å². The van der Waals surface area contributed by atoms with Gasteiger partial charge < -0.3 is 25.4 Å². The number of aliphatic hydroxyl groups is 3. The van der Waals surface area contributed by atoms with Crippen LogP contribution < -0.4 is 5.32 Å². The van der Waals surface area contributed by atoms with E-state index in [9.17, 15) is 15.3 Å². The summed E-state index contributed by atoms with van der Waals surface area (Å²) in [6, 6.07) is 0. The van der Waals surface area contributed by atoms with Crippen molar-refractivity contribution in [3.05, 3.63) is 0 Å². The van der Waals surface area contributed by atoms with Crippen LogP contribution in [0.1, 0.15) is 13.8 Å². The van der Waals surface area contributed by atoms with Gasteiger partial charge in [-0.05, 0) is 13.8 Å². The third-order valence-corrected chi connectivity index (χ3v) is 2.32. The number of aliphatic hydroxyl groups excluding tert-OH is 3. The van der Waals surface area contributed by atoms with Crippen LogP contribution in [-0.4, -0.2) is 51.0 Å². The first-order chi connectivity index (χ1) is 6.43. The average molecular weight is 902 g/mol. The van der Waals surface area contributed by atoms with E-state index in [-0.39, 0.29) is 132 Å². The van der Waals surface area contributed by atoms with Gasteiger partial charge in [0.15, 0.2) is 6.23 Å². The quantitative estimate of drug-likeness (QED) is 0.247. The summed E-state index contributed by atoms with van der Waals surface area (Å²) < 4.78 is 5.23. The Kier molecular flexibility index (Phi) is 19.2. The van der Waals surface area contributed by atoms with Crippen molar-refractivity contribution in [2.24, 2.45) is 0 Å². The first kappa shape index (κ1) is 26.0. The smallest absolute Gasteiger partial charge is 0.157 e. The maximum atomic E-state index is 9.52. The zero-order valence-electron chi connectivity index (χ0n) is 9.78. The minimum atomic E-state index is -1.22. The number of ether oxygens (including phenoxy) is 1. The van der Waals surface area contributed by atoms with Gasteiger partial charge in [-0.1, -0.05) is 12.2 Å². The molecule has 0 aromatic carbocycles. The molecule has 0 saturated carbocycles. The Hall–Kier alpha value is 4.05. The van der Waals surface area contributed by atoms with Gasteiger partial charge in [0.1, 0.15) is 18.3 Å². The molecule has 1 fully saturated rings. The molecular weight excluding hydrogens is 887 g/mol. The zero-order valence-corrected chi connectivity index (χ0v) is 24.8. The second-order valence-corrected chi connectivity index (χ2v) is 4.05. The topological polar surface area (TPSA) is 82.0 Å². The van der Waals surface area contributed by atoms with Crippen LogP contribution in [0.4, 0.5) is 0 Å². The van der Waals surface area contributed by atoms with Gasteiger partial charge in [-0.3, -0.25) is 0 Å². The Balaban J connectivity index is -0.000000653. The molecule has 0 aromatic rings. The van der Waals surface area contributed by atoms with E-state index in [4.69, 9.17) is 17.0 Å². The van der Waals surface area contributed by atoms with E-state index in [2.05, 4.69) is 5.32 Å². The van der Waals surface area contributed by atoms with Crippen molar-refractivity contribution in [2.75, 3.05) is 0 Å². The summed E-state index contributed by atoms with van der Waals surface area (Å²) in [4.78, 5) is 0.463. The molecule has 1 heterocycles. The molecule has 0 bridgehead atoms. The van der Waals surface area contributed by atoms with Crippen molar-refractivity contribution in [1.82, 2.24) is 5.32 Å². The predicted octanol–water partition coefficient (Wildman–Crippen LogP) is -1.25. The SMILES string of the molecule is CC(=S)NC1O[C@H](C)C(O)C(O)C1O.[Ac].[Ac].[Ac]. The van der Waals surface area contributed by atoms with Crippen LogP contribution in [0.15, 0.2) is 0 Å². The van der Waals surface area contributed by atoms with E-state index in [0.29, 0.717) is 4.99 Å². The number of rotatable bonds is 1. The molecule has 9 heteroatoms. The average Bonchev–Trinajstić information content (AvgIpc) is 2.10. The summed E-state index contributed by atoms with van der Waals surface area (Å²) in [7, 11) is 0. The van der Waals surface area contributed by atoms with E-state index >= 15 is 0 Å². The standard InChI is InChI=1S/C8H15NO4S.3Ac/c1-3-5(10)6(11)7(12)8(13-3)9-4(2)14;;;/h3,5-8,10-12H,1-2H3,(H,9,14);;;/t3-,5?,6?,7?,8?;;;/m1.../s1. The fraction of sp³-hybridized carbons (Fsp3) is 0.875. The summed E-state index contributed by atoms with van der Waals surface area (Å²) in [5, 5.41) is 31.0. The molecule has 0 spiro atoms. The summed E-state index contributed by atoms with van der Waals surface area (Å²) >= 11 is 4.79. The molecular formula is C8H15Ac3NO4S. The normalized spacial score (nSPS) is 35.7. The molecule has 3 radical (unpaired) electrons. The molecule has 91 valence electrons. The van der Waals surface area contributed by atoms with Gasteiger partial charge in [0, 0.05) is 132 Å². The van der Waals surface area contributed by atoms with Crippen LogP contribution in [0.25, 0.3) is 0 Å². The molecule has 0 aromatic heterocycles. The number of thiocarbonyl (C=S) groups is 1. The van der Waals surface area contributed by atoms with Gasteiger partial charge in [-0.2, -0.15) is 0 Å². The number of hydrogen-bond acceptors (Lipinski definition) is 5. The molecule has 1 rings (SSSR count).